The summed E-state index contributed by atoms with van der Waals surface area (Å²) in [7, 11) is 1.77. The maximum atomic E-state index is 12.0. The van der Waals surface area contributed by atoms with Gasteiger partial charge in [0, 0.05) is 19.4 Å². The first-order chi connectivity index (χ1) is 10.1. The molecular formula is C16H21N3O2. The lowest BCUT2D eigenvalue weighted by Gasteiger charge is -2.17. The normalized spacial score (nSPS) is 10.4. The second kappa shape index (κ2) is 6.92. The summed E-state index contributed by atoms with van der Waals surface area (Å²) in [4.78, 5) is 20.8. The fourth-order valence-electron chi connectivity index (χ4n) is 2.16. The summed E-state index contributed by atoms with van der Waals surface area (Å²) < 4.78 is 5.75. The predicted octanol–water partition coefficient (Wildman–Crippen LogP) is 2.45. The molecule has 0 fully saturated rings. The Morgan fingerprint density at radius 3 is 2.67 bits per heavy atom. The van der Waals surface area contributed by atoms with Gasteiger partial charge in [-0.15, -0.1) is 0 Å². The van der Waals surface area contributed by atoms with E-state index < -0.39 is 0 Å². The summed E-state index contributed by atoms with van der Waals surface area (Å²) >= 11 is 0. The molecule has 1 N–H and O–H groups in total. The van der Waals surface area contributed by atoms with Gasteiger partial charge in [-0.25, -0.2) is 4.98 Å². The van der Waals surface area contributed by atoms with E-state index in [2.05, 4.69) is 9.97 Å². The van der Waals surface area contributed by atoms with E-state index in [1.54, 1.807) is 24.3 Å². The molecule has 112 valence electrons. The van der Waals surface area contributed by atoms with Gasteiger partial charge < -0.3 is 14.6 Å². The summed E-state index contributed by atoms with van der Waals surface area (Å²) in [5.41, 5.74) is 2.18. The first kappa shape index (κ1) is 15.1. The number of amides is 1. The molecule has 5 heteroatoms. The molecule has 0 aliphatic heterocycles. The van der Waals surface area contributed by atoms with E-state index in [0.29, 0.717) is 19.6 Å². The van der Waals surface area contributed by atoms with Gasteiger partial charge in [0.05, 0.1) is 19.6 Å². The minimum Gasteiger partial charge on any atom is -0.493 e. The van der Waals surface area contributed by atoms with E-state index in [1.807, 2.05) is 32.0 Å². The van der Waals surface area contributed by atoms with Gasteiger partial charge in [-0.2, -0.15) is 0 Å². The predicted molar refractivity (Wildman–Crippen MR) is 81.1 cm³/mol. The number of carbonyl (C=O) groups is 1. The highest BCUT2D eigenvalue weighted by molar-refractivity contribution is 5.75. The number of hydrogen-bond acceptors (Lipinski definition) is 3. The zero-order chi connectivity index (χ0) is 15.2. The van der Waals surface area contributed by atoms with Crippen LogP contribution in [0.1, 0.15) is 23.4 Å². The van der Waals surface area contributed by atoms with Gasteiger partial charge >= 0.3 is 0 Å². The van der Waals surface area contributed by atoms with Crippen LogP contribution in [0.3, 0.4) is 0 Å². The van der Waals surface area contributed by atoms with Gasteiger partial charge in [0.1, 0.15) is 11.6 Å². The number of nitrogens with one attached hydrogen (secondary N) is 1. The highest BCUT2D eigenvalue weighted by Crippen LogP contribution is 2.22. The van der Waals surface area contributed by atoms with Crippen molar-refractivity contribution in [2.24, 2.45) is 0 Å². The van der Waals surface area contributed by atoms with Crippen LogP contribution in [-0.4, -0.2) is 34.4 Å². The number of hydrogen-bond donors (Lipinski definition) is 1. The van der Waals surface area contributed by atoms with Gasteiger partial charge in [-0.3, -0.25) is 4.79 Å². The minimum absolute atomic E-state index is 0.0395. The maximum Gasteiger partial charge on any atom is 0.226 e. The Morgan fingerprint density at radius 2 is 2.05 bits per heavy atom. The quantitative estimate of drug-likeness (QED) is 0.888. The van der Waals surface area contributed by atoms with E-state index in [9.17, 15) is 4.79 Å². The van der Waals surface area contributed by atoms with Crippen molar-refractivity contribution < 1.29 is 9.53 Å². The number of carbonyl (C=O) groups excluding carboxylic acids is 1. The van der Waals surface area contributed by atoms with Crippen LogP contribution in [0.5, 0.6) is 5.75 Å². The van der Waals surface area contributed by atoms with E-state index in [-0.39, 0.29) is 5.91 Å². The van der Waals surface area contributed by atoms with Gasteiger partial charge in [-0.1, -0.05) is 18.2 Å². The van der Waals surface area contributed by atoms with Crippen molar-refractivity contribution in [1.82, 2.24) is 14.9 Å². The fraction of sp³-hybridized carbons (Fsp3) is 0.375. The smallest absolute Gasteiger partial charge is 0.226 e. The summed E-state index contributed by atoms with van der Waals surface area (Å²) in [5, 5.41) is 0. The fourth-order valence-corrected chi connectivity index (χ4v) is 2.16. The average molecular weight is 287 g/mol. The van der Waals surface area contributed by atoms with Gasteiger partial charge in [0.2, 0.25) is 5.91 Å². The molecule has 21 heavy (non-hydrogen) atoms. The molecule has 1 heterocycles. The third-order valence-corrected chi connectivity index (χ3v) is 3.34. The van der Waals surface area contributed by atoms with E-state index in [4.69, 9.17) is 4.74 Å². The molecule has 1 amide bonds. The Labute approximate surface area is 125 Å². The molecule has 0 spiro atoms. The molecule has 0 unspecified atom stereocenters. The molecule has 0 radical (unpaired) electrons. The van der Waals surface area contributed by atoms with E-state index in [1.165, 1.54) is 0 Å². The number of ether oxygens (including phenoxy) is 1. The average Bonchev–Trinajstić information content (AvgIpc) is 2.94. The van der Waals surface area contributed by atoms with Crippen molar-refractivity contribution in [3.8, 4) is 5.75 Å². The molecule has 0 aliphatic carbocycles. The molecule has 1 aromatic heterocycles. The highest BCUT2D eigenvalue weighted by atomic mass is 16.5. The lowest BCUT2D eigenvalue weighted by Crippen LogP contribution is -2.28. The van der Waals surface area contributed by atoms with Crippen LogP contribution in [-0.2, 0) is 11.3 Å². The Hall–Kier alpha value is -2.30. The Bertz CT molecular complexity index is 573. The molecule has 0 saturated heterocycles. The van der Waals surface area contributed by atoms with Crippen LogP contribution in [0.25, 0.3) is 0 Å². The topological polar surface area (TPSA) is 58.2 Å². The zero-order valence-electron chi connectivity index (χ0n) is 12.7. The number of para-hydroxylation sites is 1. The van der Waals surface area contributed by atoms with Crippen molar-refractivity contribution in [2.45, 2.75) is 26.8 Å². The van der Waals surface area contributed by atoms with Crippen molar-refractivity contribution >= 4 is 5.91 Å². The first-order valence-corrected chi connectivity index (χ1v) is 6.99. The van der Waals surface area contributed by atoms with Gasteiger partial charge in [0.15, 0.2) is 0 Å². The number of rotatable bonds is 6. The second-order valence-corrected chi connectivity index (χ2v) is 5.11. The molecule has 1 aromatic carbocycles. The molecule has 0 bridgehead atoms. The third-order valence-electron chi connectivity index (χ3n) is 3.34. The Balaban J connectivity index is 1.81. The largest absolute Gasteiger partial charge is 0.493 e. The van der Waals surface area contributed by atoms with Crippen LogP contribution >= 0.6 is 0 Å². The minimum atomic E-state index is 0.0395. The molecule has 0 atom stereocenters. The van der Waals surface area contributed by atoms with E-state index >= 15 is 0 Å². The van der Waals surface area contributed by atoms with Crippen molar-refractivity contribution in [2.75, 3.05) is 13.7 Å². The zero-order valence-corrected chi connectivity index (χ0v) is 12.7. The maximum absolute atomic E-state index is 12.0. The molecule has 0 saturated carbocycles. The summed E-state index contributed by atoms with van der Waals surface area (Å²) in [6.45, 7) is 4.88. The monoisotopic (exact) mass is 287 g/mol. The molecular weight excluding hydrogens is 266 g/mol. The van der Waals surface area contributed by atoms with E-state index in [0.717, 1.165) is 22.7 Å². The lowest BCUT2D eigenvalue weighted by molar-refractivity contribution is -0.131. The number of aryl methyl sites for hydroxylation is 2. The van der Waals surface area contributed by atoms with Crippen molar-refractivity contribution in [3.63, 3.8) is 0 Å². The van der Waals surface area contributed by atoms with Crippen LogP contribution in [0.2, 0.25) is 0 Å². The van der Waals surface area contributed by atoms with Crippen LogP contribution in [0, 0.1) is 13.8 Å². The molecule has 2 aromatic rings. The first-order valence-electron chi connectivity index (χ1n) is 6.99. The molecule has 5 nitrogen and oxygen atoms in total. The molecule has 0 aliphatic rings. The number of aromatic nitrogens is 2. The Kier molecular flexibility index (Phi) is 4.98. The van der Waals surface area contributed by atoms with Gasteiger partial charge in [0.25, 0.3) is 0 Å². The molecule has 2 rings (SSSR count). The number of aromatic amines is 1. The summed E-state index contributed by atoms with van der Waals surface area (Å²) in [6, 6.07) is 6.01. The van der Waals surface area contributed by atoms with Gasteiger partial charge in [-0.05, 0) is 25.0 Å². The third kappa shape index (κ3) is 4.08. The lowest BCUT2D eigenvalue weighted by atomic mass is 10.1. The van der Waals surface area contributed by atoms with Crippen LogP contribution in [0.4, 0.5) is 0 Å². The number of imidazole rings is 1. The SMILES string of the molecule is Cc1cccc(C)c1OCCC(=O)N(C)Cc1ncc[nH]1. The van der Waals surface area contributed by atoms with Crippen LogP contribution < -0.4 is 4.74 Å². The second-order valence-electron chi connectivity index (χ2n) is 5.11. The highest BCUT2D eigenvalue weighted by Gasteiger charge is 2.11. The number of nitrogens with zero attached hydrogens (tertiary/aromatic N) is 2. The summed E-state index contributed by atoms with van der Waals surface area (Å²) in [5.74, 6) is 1.69. The van der Waals surface area contributed by atoms with Crippen molar-refractivity contribution in [1.29, 1.82) is 0 Å². The Morgan fingerprint density at radius 1 is 1.33 bits per heavy atom. The number of H-pyrrole nitrogens is 1. The van der Waals surface area contributed by atoms with Crippen LogP contribution in [0.15, 0.2) is 30.6 Å². The standard InChI is InChI=1S/C16H21N3O2/c1-12-5-4-6-13(2)16(12)21-10-7-15(20)19(3)11-14-17-8-9-18-14/h4-6,8-9H,7,10-11H2,1-3H3,(H,17,18). The number of benzene rings is 1. The van der Waals surface area contributed by atoms with Crippen molar-refractivity contribution in [3.05, 3.63) is 47.5 Å². The summed E-state index contributed by atoms with van der Waals surface area (Å²) in [6.07, 6.45) is 3.78.